The summed E-state index contributed by atoms with van der Waals surface area (Å²) >= 11 is 0. The van der Waals surface area contributed by atoms with E-state index in [1.54, 1.807) is 6.92 Å². The van der Waals surface area contributed by atoms with Gasteiger partial charge in [0, 0.05) is 24.0 Å². The van der Waals surface area contributed by atoms with Crippen LogP contribution in [0.5, 0.6) is 0 Å². The molecule has 6 nitrogen and oxygen atoms in total. The highest BCUT2D eigenvalue weighted by Crippen LogP contribution is 2.27. The molecule has 0 bridgehead atoms. The van der Waals surface area contributed by atoms with Gasteiger partial charge in [0.25, 0.3) is 0 Å². The van der Waals surface area contributed by atoms with Gasteiger partial charge in [-0.3, -0.25) is 0 Å². The van der Waals surface area contributed by atoms with Crippen molar-refractivity contribution >= 4 is 11.9 Å². The van der Waals surface area contributed by atoms with Gasteiger partial charge in [0.2, 0.25) is 0 Å². The lowest BCUT2D eigenvalue weighted by Crippen LogP contribution is -2.42. The average molecular weight is 385 g/mol. The van der Waals surface area contributed by atoms with Crippen molar-refractivity contribution in [3.8, 4) is 0 Å². The van der Waals surface area contributed by atoms with Crippen molar-refractivity contribution in [2.45, 2.75) is 65.8 Å². The summed E-state index contributed by atoms with van der Waals surface area (Å²) < 4.78 is 22.3. The van der Waals surface area contributed by atoms with Gasteiger partial charge >= 0.3 is 11.9 Å². The smallest absolute Gasteiger partial charge is 0.330 e. The highest BCUT2D eigenvalue weighted by Gasteiger charge is 2.33. The fourth-order valence-corrected chi connectivity index (χ4v) is 1.90. The molecule has 0 saturated heterocycles. The fourth-order valence-electron chi connectivity index (χ4n) is 1.90. The Hall–Kier alpha value is -1.66. The van der Waals surface area contributed by atoms with Crippen LogP contribution in [-0.4, -0.2) is 49.1 Å². The van der Waals surface area contributed by atoms with Crippen LogP contribution in [0.3, 0.4) is 0 Å². The Morgan fingerprint density at radius 1 is 0.815 bits per heavy atom. The maximum Gasteiger partial charge on any atom is 0.330 e. The van der Waals surface area contributed by atoms with Crippen LogP contribution in [0.25, 0.3) is 0 Å². The summed E-state index contributed by atoms with van der Waals surface area (Å²) in [4.78, 5) is 22.4. The van der Waals surface area contributed by atoms with Crippen molar-refractivity contribution in [1.29, 1.82) is 0 Å². The Kier molecular flexibility index (Phi) is 10.6. The van der Waals surface area contributed by atoms with Gasteiger partial charge in [-0.15, -0.1) is 0 Å². The SMILES string of the molecule is C=CC(=O)OCC(C)C(C)(C)OCC(C)C(C)(C)OCC(C)OC(=O)C=C. The van der Waals surface area contributed by atoms with Crippen molar-refractivity contribution < 1.29 is 28.5 Å². The molecule has 0 aromatic heterocycles. The normalized spacial score (nSPS) is 15.4. The third-order valence-electron chi connectivity index (χ3n) is 4.90. The quantitative estimate of drug-likeness (QED) is 0.356. The van der Waals surface area contributed by atoms with Crippen LogP contribution in [0, 0.1) is 11.8 Å². The monoisotopic (exact) mass is 384 g/mol. The van der Waals surface area contributed by atoms with Gasteiger partial charge in [0.15, 0.2) is 0 Å². The Morgan fingerprint density at radius 2 is 1.26 bits per heavy atom. The Bertz CT molecular complexity index is 509. The van der Waals surface area contributed by atoms with E-state index in [9.17, 15) is 9.59 Å². The zero-order chi connectivity index (χ0) is 21.3. The van der Waals surface area contributed by atoms with E-state index in [2.05, 4.69) is 13.2 Å². The first kappa shape index (κ1) is 25.3. The van der Waals surface area contributed by atoms with Crippen molar-refractivity contribution in [2.75, 3.05) is 19.8 Å². The van der Waals surface area contributed by atoms with Gasteiger partial charge in [0.1, 0.15) is 6.10 Å². The molecule has 27 heavy (non-hydrogen) atoms. The van der Waals surface area contributed by atoms with Crippen LogP contribution in [0.2, 0.25) is 0 Å². The molecular weight excluding hydrogens is 348 g/mol. The summed E-state index contributed by atoms with van der Waals surface area (Å²) in [6.45, 7) is 21.5. The van der Waals surface area contributed by atoms with E-state index >= 15 is 0 Å². The van der Waals surface area contributed by atoms with E-state index in [1.165, 1.54) is 0 Å². The molecule has 0 amide bonds. The molecule has 0 aromatic carbocycles. The van der Waals surface area contributed by atoms with Gasteiger partial charge < -0.3 is 18.9 Å². The van der Waals surface area contributed by atoms with Crippen LogP contribution < -0.4 is 0 Å². The molecule has 0 aliphatic heterocycles. The standard InChI is InChI=1S/C21H36O6/c1-10-18(22)24-12-15(3)20(6,7)25-13-16(4)21(8,9)26-14-17(5)27-19(23)11-2/h10-11,15-17H,1-2,12-14H2,3-9H3. The van der Waals surface area contributed by atoms with Crippen LogP contribution >= 0.6 is 0 Å². The Morgan fingerprint density at radius 3 is 1.74 bits per heavy atom. The lowest BCUT2D eigenvalue weighted by molar-refractivity contribution is -0.158. The fraction of sp³-hybridized carbons (Fsp3) is 0.714. The summed E-state index contributed by atoms with van der Waals surface area (Å²) in [5.41, 5.74) is -0.942. The van der Waals surface area contributed by atoms with Crippen LogP contribution in [0.4, 0.5) is 0 Å². The maximum atomic E-state index is 11.2. The first-order valence-corrected chi connectivity index (χ1v) is 9.25. The molecule has 0 aliphatic rings. The molecule has 0 spiro atoms. The Labute approximate surface area is 163 Å². The third kappa shape index (κ3) is 9.73. The number of rotatable bonds is 13. The first-order valence-electron chi connectivity index (χ1n) is 9.25. The molecule has 0 N–H and O–H groups in total. The molecule has 6 heteroatoms. The summed E-state index contributed by atoms with van der Waals surface area (Å²) in [5.74, 6) is -0.807. The number of carbonyl (C=O) groups is 2. The van der Waals surface area contributed by atoms with Gasteiger partial charge in [-0.05, 0) is 34.6 Å². The van der Waals surface area contributed by atoms with Gasteiger partial charge in [-0.1, -0.05) is 27.0 Å². The second-order valence-electron chi connectivity index (χ2n) is 7.92. The van der Waals surface area contributed by atoms with Gasteiger partial charge in [0.05, 0.1) is 31.0 Å². The van der Waals surface area contributed by atoms with E-state index < -0.39 is 23.1 Å². The number of hydrogen-bond donors (Lipinski definition) is 0. The first-order chi connectivity index (χ1) is 12.4. The van der Waals surface area contributed by atoms with Crippen LogP contribution in [0.1, 0.15) is 48.5 Å². The van der Waals surface area contributed by atoms with Gasteiger partial charge in [-0.25, -0.2) is 9.59 Å². The lowest BCUT2D eigenvalue weighted by Gasteiger charge is -2.37. The summed E-state index contributed by atoms with van der Waals surface area (Å²) in [5, 5.41) is 0. The lowest BCUT2D eigenvalue weighted by atomic mass is 9.91. The zero-order valence-electron chi connectivity index (χ0n) is 17.9. The predicted molar refractivity (Wildman–Crippen MR) is 105 cm³/mol. The average Bonchev–Trinajstić information content (AvgIpc) is 2.61. The molecular formula is C21H36O6. The van der Waals surface area contributed by atoms with Crippen LogP contribution in [0.15, 0.2) is 25.3 Å². The molecule has 0 aromatic rings. The molecule has 0 radical (unpaired) electrons. The molecule has 3 unspecified atom stereocenters. The highest BCUT2D eigenvalue weighted by molar-refractivity contribution is 5.81. The van der Waals surface area contributed by atoms with Crippen molar-refractivity contribution in [1.82, 2.24) is 0 Å². The topological polar surface area (TPSA) is 71.1 Å². The van der Waals surface area contributed by atoms with E-state index in [-0.39, 0.29) is 31.2 Å². The summed E-state index contributed by atoms with van der Waals surface area (Å²) in [6.07, 6.45) is 1.92. The molecule has 0 heterocycles. The predicted octanol–water partition coefficient (Wildman–Crippen LogP) is 3.70. The van der Waals surface area contributed by atoms with E-state index in [4.69, 9.17) is 18.9 Å². The van der Waals surface area contributed by atoms with Crippen molar-refractivity contribution in [3.05, 3.63) is 25.3 Å². The minimum Gasteiger partial charge on any atom is -0.462 e. The van der Waals surface area contributed by atoms with Crippen LogP contribution in [-0.2, 0) is 28.5 Å². The van der Waals surface area contributed by atoms with E-state index in [0.717, 1.165) is 12.2 Å². The molecule has 0 aliphatic carbocycles. The van der Waals surface area contributed by atoms with Crippen molar-refractivity contribution in [2.24, 2.45) is 11.8 Å². The molecule has 0 rings (SSSR count). The maximum absolute atomic E-state index is 11.2. The third-order valence-corrected chi connectivity index (χ3v) is 4.90. The van der Waals surface area contributed by atoms with Gasteiger partial charge in [-0.2, -0.15) is 0 Å². The minimum absolute atomic E-state index is 0.0102. The largest absolute Gasteiger partial charge is 0.462 e. The van der Waals surface area contributed by atoms with Crippen molar-refractivity contribution in [3.63, 3.8) is 0 Å². The molecule has 0 saturated carbocycles. The minimum atomic E-state index is -0.474. The zero-order valence-corrected chi connectivity index (χ0v) is 17.9. The van der Waals surface area contributed by atoms with E-state index in [1.807, 2.05) is 41.5 Å². The number of ether oxygens (including phenoxy) is 4. The molecule has 156 valence electrons. The second kappa shape index (κ2) is 11.2. The second-order valence-corrected chi connectivity index (χ2v) is 7.92. The Balaban J connectivity index is 4.51. The number of hydrogen-bond acceptors (Lipinski definition) is 6. The number of carbonyl (C=O) groups excluding carboxylic acids is 2. The summed E-state index contributed by atoms with van der Waals surface area (Å²) in [7, 11) is 0. The molecule has 3 atom stereocenters. The summed E-state index contributed by atoms with van der Waals surface area (Å²) in [6, 6.07) is 0. The number of esters is 2. The van der Waals surface area contributed by atoms with E-state index in [0.29, 0.717) is 6.61 Å². The highest BCUT2D eigenvalue weighted by atomic mass is 16.6. The molecule has 0 fully saturated rings.